The normalized spacial score (nSPS) is 17.9. The Morgan fingerprint density at radius 3 is 2.26 bits per heavy atom. The van der Waals surface area contributed by atoms with E-state index in [0.717, 1.165) is 11.3 Å². The van der Waals surface area contributed by atoms with Crippen LogP contribution in [0.2, 0.25) is 0 Å². The summed E-state index contributed by atoms with van der Waals surface area (Å²) in [6.45, 7) is 13.9. The number of rotatable bonds is 5. The average molecular weight is 426 g/mol. The Labute approximate surface area is 185 Å². The van der Waals surface area contributed by atoms with Crippen LogP contribution >= 0.6 is 0 Å². The Morgan fingerprint density at radius 2 is 1.71 bits per heavy atom. The minimum absolute atomic E-state index is 0.0733. The molecule has 31 heavy (non-hydrogen) atoms. The molecule has 1 aromatic carbocycles. The van der Waals surface area contributed by atoms with Crippen molar-refractivity contribution in [3.05, 3.63) is 57.9 Å². The fourth-order valence-corrected chi connectivity index (χ4v) is 4.06. The van der Waals surface area contributed by atoms with Gasteiger partial charge in [-0.3, -0.25) is 4.79 Å². The van der Waals surface area contributed by atoms with Crippen LogP contribution in [0.1, 0.15) is 97.1 Å². The first-order valence-corrected chi connectivity index (χ1v) is 11.0. The zero-order chi connectivity index (χ0) is 23.1. The zero-order valence-corrected chi connectivity index (χ0v) is 20.0. The van der Waals surface area contributed by atoms with E-state index >= 15 is 0 Å². The van der Waals surface area contributed by atoms with E-state index in [9.17, 15) is 9.59 Å². The molecule has 1 aliphatic carbocycles. The molecule has 0 aliphatic heterocycles. The lowest BCUT2D eigenvalue weighted by atomic mass is 9.80. The van der Waals surface area contributed by atoms with Gasteiger partial charge in [-0.05, 0) is 62.1 Å². The van der Waals surface area contributed by atoms with Gasteiger partial charge in [0.2, 0.25) is 0 Å². The molecule has 0 bridgehead atoms. The largest absolute Gasteiger partial charge is 0.455 e. The number of carbonyl (C=O) groups is 2. The van der Waals surface area contributed by atoms with Gasteiger partial charge in [-0.15, -0.1) is 0 Å². The smallest absolute Gasteiger partial charge is 0.355 e. The van der Waals surface area contributed by atoms with E-state index in [-0.39, 0.29) is 17.1 Å². The fourth-order valence-electron chi connectivity index (χ4n) is 4.06. The molecule has 1 aromatic heterocycles. The highest BCUT2D eigenvalue weighted by Gasteiger charge is 2.34. The van der Waals surface area contributed by atoms with Gasteiger partial charge in [-0.2, -0.15) is 0 Å². The maximum atomic E-state index is 13.0. The Bertz CT molecular complexity index is 976. The molecule has 3 rings (SSSR count). The maximum Gasteiger partial charge on any atom is 0.355 e. The van der Waals surface area contributed by atoms with Gasteiger partial charge < -0.3 is 14.5 Å². The van der Waals surface area contributed by atoms with Crippen LogP contribution in [0, 0.1) is 6.92 Å². The number of ether oxygens (including phenoxy) is 2. The van der Waals surface area contributed by atoms with Gasteiger partial charge in [0, 0.05) is 24.8 Å². The second kappa shape index (κ2) is 8.27. The number of carbonyl (C=O) groups excluding carboxylic acids is 2. The predicted molar refractivity (Wildman–Crippen MR) is 122 cm³/mol. The van der Waals surface area contributed by atoms with Crippen LogP contribution in [-0.2, 0) is 21.3 Å². The van der Waals surface area contributed by atoms with Crippen LogP contribution < -0.4 is 0 Å². The number of nitrogens with one attached hydrogen (secondary N) is 1. The Morgan fingerprint density at radius 1 is 1.10 bits per heavy atom. The third kappa shape index (κ3) is 4.62. The molecule has 0 amide bonds. The molecule has 5 nitrogen and oxygen atoms in total. The van der Waals surface area contributed by atoms with E-state index in [1.807, 2.05) is 27.7 Å². The molecule has 1 aliphatic rings. The summed E-state index contributed by atoms with van der Waals surface area (Å²) in [5.41, 5.74) is 4.42. The number of Topliss-reactive ketones (excluding diaryl/α,β-unsaturated/α-hetero) is 1. The first-order chi connectivity index (χ1) is 14.3. The molecular formula is C26H35NO4. The number of fused-ring (bicyclic) bond motifs is 1. The van der Waals surface area contributed by atoms with Crippen LogP contribution in [0.15, 0.2) is 24.3 Å². The number of hydrogen-bond acceptors (Lipinski definition) is 4. The van der Waals surface area contributed by atoms with Crippen LogP contribution in [-0.4, -0.2) is 35.6 Å². The first kappa shape index (κ1) is 23.3. The monoisotopic (exact) mass is 425 g/mol. The molecule has 1 heterocycles. The van der Waals surface area contributed by atoms with Crippen molar-refractivity contribution in [2.24, 2.45) is 0 Å². The number of methoxy groups -OCH3 is 1. The summed E-state index contributed by atoms with van der Waals surface area (Å²) >= 11 is 0. The van der Waals surface area contributed by atoms with Gasteiger partial charge >= 0.3 is 5.97 Å². The summed E-state index contributed by atoms with van der Waals surface area (Å²) in [5, 5.41) is 0. The second-order valence-electron chi connectivity index (χ2n) is 10.2. The van der Waals surface area contributed by atoms with Crippen LogP contribution in [0.25, 0.3) is 0 Å². The minimum atomic E-state index is -0.601. The molecule has 168 valence electrons. The average Bonchev–Trinajstić information content (AvgIpc) is 3.04. The molecular weight excluding hydrogens is 390 g/mol. The number of H-pyrrole nitrogens is 1. The van der Waals surface area contributed by atoms with E-state index in [0.29, 0.717) is 29.7 Å². The third-order valence-corrected chi connectivity index (χ3v) is 6.73. The van der Waals surface area contributed by atoms with Gasteiger partial charge in [0.25, 0.3) is 0 Å². The van der Waals surface area contributed by atoms with E-state index in [4.69, 9.17) is 9.47 Å². The lowest BCUT2D eigenvalue weighted by Crippen LogP contribution is -2.39. The van der Waals surface area contributed by atoms with Crippen molar-refractivity contribution >= 4 is 11.8 Å². The molecule has 0 fully saturated rings. The summed E-state index contributed by atoms with van der Waals surface area (Å²) in [5.74, 6) is -0.282. The van der Waals surface area contributed by atoms with Gasteiger partial charge in [0.1, 0.15) is 11.8 Å². The predicted octanol–water partition coefficient (Wildman–Crippen LogP) is 5.50. The number of benzene rings is 1. The Hall–Kier alpha value is -2.40. The van der Waals surface area contributed by atoms with Crippen molar-refractivity contribution in [1.29, 1.82) is 0 Å². The standard InChI is InChI=1S/C26H35NO4/c1-15-22-20(27-23(15)24(29)31-16(2)26(6,7)30-8)13-18(14-21(22)28)17-9-11-19(12-10-17)25(3,4)5/h9-12,16,18,27H,13-14H2,1-8H3/t16-,18+/m1/s1. The van der Waals surface area contributed by atoms with Gasteiger partial charge in [-0.1, -0.05) is 45.0 Å². The molecule has 0 spiro atoms. The summed E-state index contributed by atoms with van der Waals surface area (Å²) in [6.07, 6.45) is 0.709. The lowest BCUT2D eigenvalue weighted by Gasteiger charge is -2.29. The van der Waals surface area contributed by atoms with E-state index < -0.39 is 17.7 Å². The summed E-state index contributed by atoms with van der Waals surface area (Å²) < 4.78 is 11.1. The van der Waals surface area contributed by atoms with Crippen molar-refractivity contribution in [2.75, 3.05) is 7.11 Å². The van der Waals surface area contributed by atoms with Crippen molar-refractivity contribution in [2.45, 2.75) is 84.3 Å². The molecule has 0 radical (unpaired) electrons. The number of aromatic amines is 1. The molecule has 2 aromatic rings. The van der Waals surface area contributed by atoms with E-state index in [2.05, 4.69) is 50.0 Å². The minimum Gasteiger partial charge on any atom is -0.455 e. The molecule has 0 saturated heterocycles. The molecule has 1 N–H and O–H groups in total. The summed E-state index contributed by atoms with van der Waals surface area (Å²) in [4.78, 5) is 29.0. The summed E-state index contributed by atoms with van der Waals surface area (Å²) in [7, 11) is 1.59. The van der Waals surface area contributed by atoms with Crippen molar-refractivity contribution < 1.29 is 19.1 Å². The van der Waals surface area contributed by atoms with E-state index in [1.54, 1.807) is 7.11 Å². The Balaban J connectivity index is 1.83. The van der Waals surface area contributed by atoms with Crippen molar-refractivity contribution in [3.8, 4) is 0 Å². The van der Waals surface area contributed by atoms with Gasteiger partial charge in [0.05, 0.1) is 5.60 Å². The quantitative estimate of drug-likeness (QED) is 0.642. The first-order valence-electron chi connectivity index (χ1n) is 11.0. The number of ketones is 1. The maximum absolute atomic E-state index is 13.0. The van der Waals surface area contributed by atoms with Gasteiger partial charge in [0.15, 0.2) is 5.78 Å². The van der Waals surface area contributed by atoms with E-state index in [1.165, 1.54) is 5.56 Å². The van der Waals surface area contributed by atoms with Gasteiger partial charge in [-0.25, -0.2) is 4.79 Å². The molecule has 2 atom stereocenters. The van der Waals surface area contributed by atoms with Crippen LogP contribution in [0.4, 0.5) is 0 Å². The molecule has 0 unspecified atom stereocenters. The summed E-state index contributed by atoms with van der Waals surface area (Å²) in [6, 6.07) is 8.56. The lowest BCUT2D eigenvalue weighted by molar-refractivity contribution is -0.0797. The SMILES string of the molecule is COC(C)(C)[C@@H](C)OC(=O)c1[nH]c2c(c1C)C(=O)C[C@@H](c1ccc(C(C)(C)C)cc1)C2. The molecule has 0 saturated carbocycles. The number of hydrogen-bond donors (Lipinski definition) is 1. The third-order valence-electron chi connectivity index (χ3n) is 6.73. The van der Waals surface area contributed by atoms with Crippen LogP contribution in [0.3, 0.4) is 0 Å². The zero-order valence-electron chi connectivity index (χ0n) is 20.0. The second-order valence-corrected chi connectivity index (χ2v) is 10.2. The Kier molecular flexibility index (Phi) is 6.21. The highest BCUT2D eigenvalue weighted by atomic mass is 16.6. The van der Waals surface area contributed by atoms with Crippen LogP contribution in [0.5, 0.6) is 0 Å². The highest BCUT2D eigenvalue weighted by molar-refractivity contribution is 6.03. The van der Waals surface area contributed by atoms with Crippen molar-refractivity contribution in [3.63, 3.8) is 0 Å². The highest BCUT2D eigenvalue weighted by Crippen LogP contribution is 2.36. The number of aromatic nitrogens is 1. The van der Waals surface area contributed by atoms with Crippen molar-refractivity contribution in [1.82, 2.24) is 4.98 Å². The molecule has 5 heteroatoms. The topological polar surface area (TPSA) is 68.4 Å². The number of esters is 1. The fraction of sp³-hybridized carbons (Fsp3) is 0.538.